The molecule has 0 aromatic heterocycles. The van der Waals surface area contributed by atoms with Crippen molar-refractivity contribution < 1.29 is 18.3 Å². The van der Waals surface area contributed by atoms with E-state index in [2.05, 4.69) is 25.6 Å². The standard InChI is InChI=1S/C25H41NO4S2/c1-2-3-4-5-6-7-8-9-10-11-12-13-14-15-16-17-18-19-20-21-22-32(29,30)26-24(23-31)25(27)28/h13-22,24,26,31H,2-12,23H2,1H3,(H,27,28)/t24-/m0/s1. The fourth-order valence-electron chi connectivity index (χ4n) is 2.86. The average Bonchev–Trinajstić information content (AvgIpc) is 2.76. The van der Waals surface area contributed by atoms with Crippen molar-refractivity contribution >= 4 is 28.6 Å². The van der Waals surface area contributed by atoms with Gasteiger partial charge in [0.25, 0.3) is 0 Å². The molecule has 0 aromatic rings. The van der Waals surface area contributed by atoms with E-state index in [1.807, 2.05) is 29.0 Å². The van der Waals surface area contributed by atoms with E-state index in [-0.39, 0.29) is 5.75 Å². The Bertz CT molecular complexity index is 722. The smallest absolute Gasteiger partial charge is 0.322 e. The fourth-order valence-corrected chi connectivity index (χ4v) is 4.19. The van der Waals surface area contributed by atoms with Crippen LogP contribution in [0.5, 0.6) is 0 Å². The summed E-state index contributed by atoms with van der Waals surface area (Å²) >= 11 is 3.82. The van der Waals surface area contributed by atoms with Crippen LogP contribution in [0.4, 0.5) is 0 Å². The number of allylic oxidation sites excluding steroid dienone is 9. The van der Waals surface area contributed by atoms with Crippen LogP contribution in [0.15, 0.2) is 60.1 Å². The molecular formula is C25H41NO4S2. The Kier molecular flexibility index (Phi) is 20.2. The van der Waals surface area contributed by atoms with Gasteiger partial charge in [-0.05, 0) is 18.9 Å². The van der Waals surface area contributed by atoms with Crippen molar-refractivity contribution in [2.45, 2.75) is 83.6 Å². The molecular weight excluding hydrogens is 442 g/mol. The summed E-state index contributed by atoms with van der Waals surface area (Å²) in [5.74, 6) is -1.39. The lowest BCUT2D eigenvalue weighted by molar-refractivity contribution is -0.138. The van der Waals surface area contributed by atoms with Crippen LogP contribution < -0.4 is 4.72 Å². The van der Waals surface area contributed by atoms with Crippen LogP contribution in [0.25, 0.3) is 0 Å². The van der Waals surface area contributed by atoms with E-state index in [4.69, 9.17) is 5.11 Å². The van der Waals surface area contributed by atoms with Crippen LogP contribution in [0.1, 0.15) is 77.6 Å². The summed E-state index contributed by atoms with van der Waals surface area (Å²) in [4.78, 5) is 10.8. The molecule has 0 radical (unpaired) electrons. The molecule has 0 aromatic carbocycles. The second-order valence-corrected chi connectivity index (χ2v) is 9.58. The molecule has 32 heavy (non-hydrogen) atoms. The first kappa shape index (κ1) is 30.4. The van der Waals surface area contributed by atoms with Gasteiger partial charge < -0.3 is 5.11 Å². The van der Waals surface area contributed by atoms with Gasteiger partial charge in [0, 0.05) is 11.2 Å². The van der Waals surface area contributed by atoms with E-state index in [1.54, 1.807) is 18.2 Å². The van der Waals surface area contributed by atoms with Gasteiger partial charge in [0.15, 0.2) is 0 Å². The van der Waals surface area contributed by atoms with E-state index < -0.39 is 22.0 Å². The molecule has 0 saturated heterocycles. The van der Waals surface area contributed by atoms with Crippen LogP contribution in [0, 0.1) is 0 Å². The number of sulfonamides is 1. The van der Waals surface area contributed by atoms with Crippen molar-refractivity contribution in [3.05, 3.63) is 60.1 Å². The van der Waals surface area contributed by atoms with Gasteiger partial charge in [-0.15, -0.1) is 0 Å². The Morgan fingerprint density at radius 1 is 0.812 bits per heavy atom. The van der Waals surface area contributed by atoms with Crippen molar-refractivity contribution in [1.29, 1.82) is 0 Å². The van der Waals surface area contributed by atoms with Crippen LogP contribution in [-0.4, -0.2) is 31.3 Å². The highest BCUT2D eigenvalue weighted by molar-refractivity contribution is 7.92. The first-order valence-corrected chi connectivity index (χ1v) is 13.8. The molecule has 0 heterocycles. The summed E-state index contributed by atoms with van der Waals surface area (Å²) in [6.45, 7) is 2.25. The second-order valence-electron chi connectivity index (χ2n) is 7.62. The van der Waals surface area contributed by atoms with Gasteiger partial charge in [-0.25, -0.2) is 8.42 Å². The van der Waals surface area contributed by atoms with Crippen molar-refractivity contribution in [2.75, 3.05) is 5.75 Å². The van der Waals surface area contributed by atoms with Crippen LogP contribution in [0.3, 0.4) is 0 Å². The van der Waals surface area contributed by atoms with Crippen molar-refractivity contribution in [3.8, 4) is 0 Å². The number of unbranched alkanes of at least 4 members (excludes halogenated alkanes) is 10. The molecule has 0 amide bonds. The molecule has 7 heteroatoms. The van der Waals surface area contributed by atoms with Crippen LogP contribution in [-0.2, 0) is 14.8 Å². The molecule has 0 rings (SSSR count). The first-order chi connectivity index (χ1) is 15.4. The van der Waals surface area contributed by atoms with Crippen LogP contribution in [0.2, 0.25) is 0 Å². The number of carboxylic acids is 1. The normalized spacial score (nSPS) is 14.1. The molecule has 1 atom stereocenters. The topological polar surface area (TPSA) is 83.5 Å². The Balaban J connectivity index is 3.84. The highest BCUT2D eigenvalue weighted by Crippen LogP contribution is 2.11. The van der Waals surface area contributed by atoms with Gasteiger partial charge in [-0.2, -0.15) is 17.4 Å². The molecule has 0 fully saturated rings. The van der Waals surface area contributed by atoms with Gasteiger partial charge in [-0.3, -0.25) is 4.79 Å². The maximum absolute atomic E-state index is 11.7. The second kappa shape index (κ2) is 21.3. The molecule has 182 valence electrons. The largest absolute Gasteiger partial charge is 0.480 e. The first-order valence-electron chi connectivity index (χ1n) is 11.6. The molecule has 0 unspecified atom stereocenters. The maximum Gasteiger partial charge on any atom is 0.322 e. The fraction of sp³-hybridized carbons (Fsp3) is 0.560. The van der Waals surface area contributed by atoms with E-state index in [0.29, 0.717) is 0 Å². The molecule has 0 aliphatic carbocycles. The lowest BCUT2D eigenvalue weighted by Gasteiger charge is -2.09. The minimum absolute atomic E-state index is 0.124. The molecule has 0 bridgehead atoms. The number of carboxylic acid groups (broad SMARTS) is 1. The summed E-state index contributed by atoms with van der Waals surface area (Å²) in [6.07, 6.45) is 30.9. The molecule has 2 N–H and O–H groups in total. The highest BCUT2D eigenvalue weighted by atomic mass is 32.2. The quantitative estimate of drug-likeness (QED) is 0.107. The monoisotopic (exact) mass is 483 g/mol. The third kappa shape index (κ3) is 20.3. The van der Waals surface area contributed by atoms with Gasteiger partial charge >= 0.3 is 5.97 Å². The third-order valence-electron chi connectivity index (χ3n) is 4.68. The van der Waals surface area contributed by atoms with Gasteiger partial charge in [-0.1, -0.05) is 113 Å². The summed E-state index contributed by atoms with van der Waals surface area (Å²) in [5, 5.41) is 9.76. The Hall–Kier alpha value is -1.57. The van der Waals surface area contributed by atoms with Crippen molar-refractivity contribution in [1.82, 2.24) is 4.72 Å². The van der Waals surface area contributed by atoms with E-state index in [0.717, 1.165) is 11.8 Å². The van der Waals surface area contributed by atoms with Crippen molar-refractivity contribution in [3.63, 3.8) is 0 Å². The Labute approximate surface area is 200 Å². The number of aliphatic carboxylic acids is 1. The predicted octanol–water partition coefficient (Wildman–Crippen LogP) is 6.34. The van der Waals surface area contributed by atoms with Crippen molar-refractivity contribution in [2.24, 2.45) is 0 Å². The number of hydrogen-bond acceptors (Lipinski definition) is 4. The number of hydrogen-bond donors (Lipinski definition) is 3. The summed E-state index contributed by atoms with van der Waals surface area (Å²) in [5.41, 5.74) is 0. The van der Waals surface area contributed by atoms with Gasteiger partial charge in [0.1, 0.15) is 6.04 Å². The molecule has 0 spiro atoms. The summed E-state index contributed by atoms with van der Waals surface area (Å²) < 4.78 is 25.5. The number of thiol groups is 1. The number of rotatable bonds is 20. The number of carbonyl (C=O) groups is 1. The third-order valence-corrected chi connectivity index (χ3v) is 6.18. The zero-order valence-corrected chi connectivity index (χ0v) is 21.1. The minimum Gasteiger partial charge on any atom is -0.480 e. The zero-order valence-electron chi connectivity index (χ0n) is 19.4. The number of nitrogens with one attached hydrogen (secondary N) is 1. The summed E-state index contributed by atoms with van der Waals surface area (Å²) in [7, 11) is -3.82. The van der Waals surface area contributed by atoms with Gasteiger partial charge in [0.05, 0.1) is 0 Å². The van der Waals surface area contributed by atoms with E-state index >= 15 is 0 Å². The lowest BCUT2D eigenvalue weighted by Crippen LogP contribution is -2.41. The highest BCUT2D eigenvalue weighted by Gasteiger charge is 2.20. The molecule has 0 aliphatic heterocycles. The van der Waals surface area contributed by atoms with E-state index in [1.165, 1.54) is 70.3 Å². The Morgan fingerprint density at radius 3 is 1.78 bits per heavy atom. The molecule has 0 saturated carbocycles. The molecule has 0 aliphatic rings. The zero-order chi connectivity index (χ0) is 23.9. The van der Waals surface area contributed by atoms with Gasteiger partial charge in [0.2, 0.25) is 10.0 Å². The lowest BCUT2D eigenvalue weighted by atomic mass is 10.1. The van der Waals surface area contributed by atoms with E-state index in [9.17, 15) is 13.2 Å². The molecule has 5 nitrogen and oxygen atoms in total. The Morgan fingerprint density at radius 2 is 1.28 bits per heavy atom. The predicted molar refractivity (Wildman–Crippen MR) is 139 cm³/mol. The summed E-state index contributed by atoms with van der Waals surface area (Å²) in [6, 6.07) is -1.25. The van der Waals surface area contributed by atoms with Crippen LogP contribution >= 0.6 is 12.6 Å². The maximum atomic E-state index is 11.7. The minimum atomic E-state index is -3.82. The SMILES string of the molecule is CCCCCCCCCCCCC=CC=CC=CC=CC=CS(=O)(=O)N[C@@H](CS)C(=O)O. The average molecular weight is 484 g/mol.